The average Bonchev–Trinajstić information content (AvgIpc) is 3.36. The third-order valence-corrected chi connectivity index (χ3v) is 13.6. The predicted molar refractivity (Wildman–Crippen MR) is 313 cm³/mol. The van der Waals surface area contributed by atoms with E-state index in [-0.39, 0.29) is 12.5 Å². The molecule has 0 aromatic rings. The Morgan fingerprint density at radius 3 is 0.943 bits per heavy atom. The number of aliphatic hydroxyl groups excluding tert-OH is 2. The highest BCUT2D eigenvalue weighted by molar-refractivity contribution is 5.76. The van der Waals surface area contributed by atoms with Crippen LogP contribution in [0.2, 0.25) is 0 Å². The molecule has 0 saturated heterocycles. The van der Waals surface area contributed by atoms with Crippen molar-refractivity contribution in [3.63, 3.8) is 0 Å². The summed E-state index contributed by atoms with van der Waals surface area (Å²) in [5.41, 5.74) is 0. The van der Waals surface area contributed by atoms with Crippen LogP contribution in [0.15, 0.2) is 97.2 Å². The van der Waals surface area contributed by atoms with Gasteiger partial charge in [0.15, 0.2) is 0 Å². The van der Waals surface area contributed by atoms with E-state index >= 15 is 0 Å². The molecule has 70 heavy (non-hydrogen) atoms. The number of nitrogens with one attached hydrogen (secondary N) is 1. The first-order valence-electron chi connectivity index (χ1n) is 30.5. The molecule has 3 N–H and O–H groups in total. The summed E-state index contributed by atoms with van der Waals surface area (Å²) in [6, 6.07) is -0.637. The van der Waals surface area contributed by atoms with E-state index in [4.69, 9.17) is 0 Å². The molecule has 0 radical (unpaired) electrons. The van der Waals surface area contributed by atoms with Crippen LogP contribution < -0.4 is 5.32 Å². The standard InChI is InChI=1S/C66H117NO3/c1-3-5-7-9-11-13-15-17-19-21-23-25-27-29-31-33-35-37-39-41-43-45-47-49-51-53-55-57-59-61-65(69)64(63-68)67-66(70)62-60-58-56-54-52-50-48-46-44-42-40-38-36-34-32-30-28-26-24-22-20-18-16-14-12-10-8-6-4-2/h6,8,12,14,18,20,24,26,30,32,36,38,42,44,59,61,64-65,68-69H,3-5,7,9-11,13,15-17,19,21-23,25,27-29,31,33-35,37,39-41,43,45-58,60,62-63H2,1-2H3,(H,67,70)/b8-6-,14-12-,20-18-,26-24-,32-30-,38-36-,44-42-,61-59+. The van der Waals surface area contributed by atoms with Crippen molar-refractivity contribution in [1.29, 1.82) is 0 Å². The van der Waals surface area contributed by atoms with Crippen molar-refractivity contribution in [3.05, 3.63) is 97.2 Å². The molecule has 404 valence electrons. The summed E-state index contributed by atoms with van der Waals surface area (Å²) in [6.07, 6.45) is 90.1. The van der Waals surface area contributed by atoms with E-state index in [1.54, 1.807) is 6.08 Å². The summed E-state index contributed by atoms with van der Waals surface area (Å²) in [5, 5.41) is 23.2. The van der Waals surface area contributed by atoms with Crippen molar-refractivity contribution in [2.24, 2.45) is 0 Å². The van der Waals surface area contributed by atoms with Crippen LogP contribution in [0.5, 0.6) is 0 Å². The summed E-state index contributed by atoms with van der Waals surface area (Å²) in [6.45, 7) is 4.21. The lowest BCUT2D eigenvalue weighted by atomic mass is 10.0. The Hall–Kier alpha value is -2.69. The molecule has 0 aliphatic carbocycles. The quantitative estimate of drug-likeness (QED) is 0.0420. The van der Waals surface area contributed by atoms with Gasteiger partial charge in [-0.15, -0.1) is 0 Å². The third-order valence-electron chi connectivity index (χ3n) is 13.6. The number of allylic oxidation sites excluding steroid dienone is 15. The van der Waals surface area contributed by atoms with E-state index in [9.17, 15) is 15.0 Å². The van der Waals surface area contributed by atoms with Gasteiger partial charge in [0.1, 0.15) is 0 Å². The first-order chi connectivity index (χ1) is 34.7. The molecule has 0 rings (SSSR count). The van der Waals surface area contributed by atoms with Gasteiger partial charge in [-0.2, -0.15) is 0 Å². The Bertz CT molecular complexity index is 1290. The van der Waals surface area contributed by atoms with Crippen LogP contribution in [0.25, 0.3) is 0 Å². The number of carbonyl (C=O) groups is 1. The van der Waals surface area contributed by atoms with Crippen LogP contribution in [0.1, 0.15) is 296 Å². The molecular formula is C66H117NO3. The highest BCUT2D eigenvalue weighted by Gasteiger charge is 2.18. The van der Waals surface area contributed by atoms with Crippen LogP contribution >= 0.6 is 0 Å². The maximum absolute atomic E-state index is 12.5. The zero-order chi connectivity index (χ0) is 50.6. The highest BCUT2D eigenvalue weighted by Crippen LogP contribution is 2.17. The Balaban J connectivity index is 3.55. The zero-order valence-electron chi connectivity index (χ0n) is 46.5. The molecule has 0 aliphatic rings. The zero-order valence-corrected chi connectivity index (χ0v) is 46.5. The van der Waals surface area contributed by atoms with E-state index in [0.29, 0.717) is 6.42 Å². The second-order valence-electron chi connectivity index (χ2n) is 20.4. The Labute approximate surface area is 436 Å². The molecule has 0 aromatic carbocycles. The van der Waals surface area contributed by atoms with Crippen molar-refractivity contribution in [2.75, 3.05) is 6.61 Å². The summed E-state index contributed by atoms with van der Waals surface area (Å²) in [7, 11) is 0. The van der Waals surface area contributed by atoms with E-state index in [0.717, 1.165) is 83.5 Å². The molecular weight excluding hydrogens is 855 g/mol. The molecule has 1 amide bonds. The molecule has 0 spiro atoms. The lowest BCUT2D eigenvalue weighted by Gasteiger charge is -2.20. The van der Waals surface area contributed by atoms with Crippen molar-refractivity contribution in [3.8, 4) is 0 Å². The van der Waals surface area contributed by atoms with Gasteiger partial charge in [0.25, 0.3) is 0 Å². The number of carbonyl (C=O) groups excluding carboxylic acids is 1. The number of unbranched alkanes of at least 4 members (excludes halogenated alkanes) is 34. The van der Waals surface area contributed by atoms with Crippen LogP contribution in [0.3, 0.4) is 0 Å². The number of amides is 1. The molecule has 4 heteroatoms. The van der Waals surface area contributed by atoms with Crippen molar-refractivity contribution in [1.82, 2.24) is 5.32 Å². The first kappa shape index (κ1) is 67.3. The van der Waals surface area contributed by atoms with Gasteiger partial charge < -0.3 is 15.5 Å². The van der Waals surface area contributed by atoms with Gasteiger partial charge in [0.05, 0.1) is 18.8 Å². The summed E-state index contributed by atoms with van der Waals surface area (Å²) in [5.74, 6) is -0.0760. The smallest absolute Gasteiger partial charge is 0.220 e. The van der Waals surface area contributed by atoms with Crippen molar-refractivity contribution in [2.45, 2.75) is 309 Å². The largest absolute Gasteiger partial charge is 0.394 e. The van der Waals surface area contributed by atoms with Gasteiger partial charge in [0, 0.05) is 6.42 Å². The fourth-order valence-electron chi connectivity index (χ4n) is 8.98. The number of aliphatic hydroxyl groups is 2. The van der Waals surface area contributed by atoms with Crippen molar-refractivity contribution < 1.29 is 15.0 Å². The van der Waals surface area contributed by atoms with Gasteiger partial charge in [-0.05, 0) is 77.0 Å². The third kappa shape index (κ3) is 56.2. The Morgan fingerprint density at radius 2 is 0.629 bits per heavy atom. The normalized spacial score (nSPS) is 13.5. The molecule has 0 heterocycles. The van der Waals surface area contributed by atoms with Gasteiger partial charge in [-0.3, -0.25) is 4.79 Å². The summed E-state index contributed by atoms with van der Waals surface area (Å²) >= 11 is 0. The van der Waals surface area contributed by atoms with Gasteiger partial charge in [-0.1, -0.05) is 310 Å². The fourth-order valence-corrected chi connectivity index (χ4v) is 8.98. The lowest BCUT2D eigenvalue weighted by Crippen LogP contribution is -2.45. The molecule has 4 nitrogen and oxygen atoms in total. The summed E-state index contributed by atoms with van der Waals surface area (Å²) in [4.78, 5) is 12.5. The second-order valence-corrected chi connectivity index (χ2v) is 20.4. The lowest BCUT2D eigenvalue weighted by molar-refractivity contribution is -0.123. The minimum atomic E-state index is -0.852. The number of hydrogen-bond donors (Lipinski definition) is 3. The molecule has 2 unspecified atom stereocenters. The minimum Gasteiger partial charge on any atom is -0.394 e. The average molecular weight is 973 g/mol. The minimum absolute atomic E-state index is 0.0760. The van der Waals surface area contributed by atoms with E-state index in [1.165, 1.54) is 193 Å². The molecule has 0 aromatic heterocycles. The maximum Gasteiger partial charge on any atom is 0.220 e. The number of rotatable bonds is 55. The Morgan fingerprint density at radius 1 is 0.357 bits per heavy atom. The molecule has 0 aliphatic heterocycles. The van der Waals surface area contributed by atoms with E-state index < -0.39 is 12.1 Å². The van der Waals surface area contributed by atoms with Crippen LogP contribution in [0, 0.1) is 0 Å². The molecule has 0 saturated carbocycles. The molecule has 0 bridgehead atoms. The van der Waals surface area contributed by atoms with Gasteiger partial charge >= 0.3 is 0 Å². The highest BCUT2D eigenvalue weighted by atomic mass is 16.3. The summed E-state index contributed by atoms with van der Waals surface area (Å²) < 4.78 is 0. The SMILES string of the molecule is CC/C=C\C/C=C\C/C=C\C/C=C\C/C=C\C/C=C\C/C=C\CCCCCCCCCC(=O)NC(CO)C(O)/C=C/CCCCCCCCCCCCCCCCCCCCCCCCCCCCC. The Kier molecular flexibility index (Phi) is 58.3. The van der Waals surface area contributed by atoms with Crippen molar-refractivity contribution >= 4 is 5.91 Å². The number of hydrogen-bond acceptors (Lipinski definition) is 3. The van der Waals surface area contributed by atoms with E-state index in [1.807, 2.05) is 6.08 Å². The second kappa shape index (κ2) is 60.6. The van der Waals surface area contributed by atoms with Crippen LogP contribution in [-0.2, 0) is 4.79 Å². The molecule has 2 atom stereocenters. The van der Waals surface area contributed by atoms with Gasteiger partial charge in [0.2, 0.25) is 5.91 Å². The van der Waals surface area contributed by atoms with Crippen LogP contribution in [0.4, 0.5) is 0 Å². The molecule has 0 fully saturated rings. The van der Waals surface area contributed by atoms with Gasteiger partial charge in [-0.25, -0.2) is 0 Å². The first-order valence-corrected chi connectivity index (χ1v) is 30.5. The van der Waals surface area contributed by atoms with E-state index in [2.05, 4.69) is 104 Å². The fraction of sp³-hybridized carbons (Fsp3) is 0.742. The topological polar surface area (TPSA) is 69.6 Å². The maximum atomic E-state index is 12.5. The van der Waals surface area contributed by atoms with Crippen LogP contribution in [-0.4, -0.2) is 34.9 Å². The predicted octanol–water partition coefficient (Wildman–Crippen LogP) is 20.5. The monoisotopic (exact) mass is 972 g/mol.